The first-order valence-corrected chi connectivity index (χ1v) is 10.8. The van der Waals surface area contributed by atoms with Crippen molar-refractivity contribution in [1.29, 1.82) is 0 Å². The Kier molecular flexibility index (Phi) is 4.29. The minimum Gasteiger partial charge on any atom is -0.368 e. The number of hydrogen-bond acceptors (Lipinski definition) is 5. The van der Waals surface area contributed by atoms with Gasteiger partial charge in [-0.25, -0.2) is 9.97 Å². The highest BCUT2D eigenvalue weighted by Crippen LogP contribution is 2.42. The zero-order valence-corrected chi connectivity index (χ0v) is 16.5. The van der Waals surface area contributed by atoms with Gasteiger partial charge in [0.25, 0.3) is 5.91 Å². The Hall–Kier alpha value is -2.18. The van der Waals surface area contributed by atoms with E-state index in [-0.39, 0.29) is 17.3 Å². The molecule has 2 saturated heterocycles. The fourth-order valence-corrected chi connectivity index (χ4v) is 5.42. The van der Waals surface area contributed by atoms with E-state index in [0.717, 1.165) is 88.7 Å². The fourth-order valence-electron chi connectivity index (χ4n) is 5.42. The smallest absolute Gasteiger partial charge is 0.272 e. The second kappa shape index (κ2) is 6.71. The molecule has 1 saturated carbocycles. The average molecular weight is 383 g/mol. The number of fused-ring (bicyclic) bond motifs is 1. The molecule has 150 valence electrons. The molecule has 1 aromatic rings. The van der Waals surface area contributed by atoms with Crippen molar-refractivity contribution in [3.05, 3.63) is 17.0 Å². The van der Waals surface area contributed by atoms with Gasteiger partial charge >= 0.3 is 0 Å². The lowest BCUT2D eigenvalue weighted by Gasteiger charge is -2.48. The second-order valence-corrected chi connectivity index (χ2v) is 9.15. The van der Waals surface area contributed by atoms with Gasteiger partial charge in [0.1, 0.15) is 5.69 Å². The molecule has 1 atom stereocenters. The van der Waals surface area contributed by atoms with Crippen LogP contribution in [0.5, 0.6) is 0 Å². The Labute approximate surface area is 165 Å². The summed E-state index contributed by atoms with van der Waals surface area (Å²) in [6.45, 7) is 2.29. The van der Waals surface area contributed by atoms with Crippen molar-refractivity contribution in [2.45, 2.75) is 70.3 Å². The zero-order valence-electron chi connectivity index (χ0n) is 16.5. The number of hydrogen-bond donors (Lipinski definition) is 1. The van der Waals surface area contributed by atoms with Gasteiger partial charge in [0, 0.05) is 48.8 Å². The standard InChI is InChI=1S/C21H29N5O2/c22-20-23-16-5-2-1-4-15(16)18(24-20)19(28)25-11-3-9-21(12-25)10-8-17(27)26(13-21)14-6-7-14/h14H,1-13H2,(H2,22,23,24). The van der Waals surface area contributed by atoms with Gasteiger partial charge in [0.2, 0.25) is 11.9 Å². The number of aromatic nitrogens is 2. The molecule has 0 bridgehead atoms. The first-order valence-electron chi connectivity index (χ1n) is 10.8. The Bertz CT molecular complexity index is 821. The molecule has 0 radical (unpaired) electrons. The van der Waals surface area contributed by atoms with Gasteiger partial charge in [-0.3, -0.25) is 9.59 Å². The molecule has 5 rings (SSSR count). The van der Waals surface area contributed by atoms with Crippen LogP contribution in [0.25, 0.3) is 0 Å². The first kappa shape index (κ1) is 17.9. The van der Waals surface area contributed by atoms with E-state index in [1.807, 2.05) is 4.90 Å². The molecule has 0 aromatic carbocycles. The van der Waals surface area contributed by atoms with Crippen molar-refractivity contribution in [3.63, 3.8) is 0 Å². The molecule has 2 N–H and O–H groups in total. The van der Waals surface area contributed by atoms with Crippen LogP contribution in [0, 0.1) is 5.41 Å². The summed E-state index contributed by atoms with van der Waals surface area (Å²) in [5, 5.41) is 0. The quantitative estimate of drug-likeness (QED) is 0.843. The Morgan fingerprint density at radius 3 is 2.68 bits per heavy atom. The van der Waals surface area contributed by atoms with E-state index in [2.05, 4.69) is 14.9 Å². The van der Waals surface area contributed by atoms with Gasteiger partial charge in [-0.1, -0.05) is 0 Å². The molecule has 1 aromatic heterocycles. The lowest BCUT2D eigenvalue weighted by Crippen LogP contribution is -2.55. The Morgan fingerprint density at radius 1 is 1.04 bits per heavy atom. The van der Waals surface area contributed by atoms with E-state index in [0.29, 0.717) is 24.1 Å². The summed E-state index contributed by atoms with van der Waals surface area (Å²) < 4.78 is 0. The normalized spacial score (nSPS) is 27.8. The number of nitrogens with two attached hydrogens (primary N) is 1. The van der Waals surface area contributed by atoms with Crippen molar-refractivity contribution < 1.29 is 9.59 Å². The van der Waals surface area contributed by atoms with E-state index in [4.69, 9.17) is 5.73 Å². The lowest BCUT2D eigenvalue weighted by molar-refractivity contribution is -0.139. The van der Waals surface area contributed by atoms with Crippen LogP contribution in [0.3, 0.4) is 0 Å². The predicted molar refractivity (Wildman–Crippen MR) is 105 cm³/mol. The minimum absolute atomic E-state index is 0.00111. The molecule has 2 aliphatic heterocycles. The van der Waals surface area contributed by atoms with Crippen LogP contribution in [0.2, 0.25) is 0 Å². The number of anilines is 1. The maximum Gasteiger partial charge on any atom is 0.272 e. The molecule has 3 heterocycles. The summed E-state index contributed by atoms with van der Waals surface area (Å²) in [5.74, 6) is 0.509. The number of rotatable bonds is 2. The van der Waals surface area contributed by atoms with Gasteiger partial charge in [0.15, 0.2) is 0 Å². The fraction of sp³-hybridized carbons (Fsp3) is 0.714. The number of carbonyl (C=O) groups is 2. The number of nitrogens with zero attached hydrogens (tertiary/aromatic N) is 4. The van der Waals surface area contributed by atoms with Crippen LogP contribution in [0.1, 0.15) is 73.1 Å². The number of carbonyl (C=O) groups excluding carboxylic acids is 2. The maximum atomic E-state index is 13.4. The van der Waals surface area contributed by atoms with Gasteiger partial charge in [0.05, 0.1) is 0 Å². The summed E-state index contributed by atoms with van der Waals surface area (Å²) in [6.07, 6.45) is 9.77. The van der Waals surface area contributed by atoms with E-state index in [1.54, 1.807) is 0 Å². The zero-order chi connectivity index (χ0) is 19.3. The van der Waals surface area contributed by atoms with Gasteiger partial charge < -0.3 is 15.5 Å². The topological polar surface area (TPSA) is 92.4 Å². The SMILES string of the molecule is Nc1nc2c(c(C(=O)N3CCCC4(CCC(=O)N(C5CC5)C4)C3)n1)CCCC2. The van der Waals surface area contributed by atoms with Crippen molar-refractivity contribution in [3.8, 4) is 0 Å². The molecule has 1 unspecified atom stereocenters. The lowest BCUT2D eigenvalue weighted by atomic mass is 9.73. The Balaban J connectivity index is 1.39. The van der Waals surface area contributed by atoms with Crippen LogP contribution in [0.15, 0.2) is 0 Å². The van der Waals surface area contributed by atoms with Crippen LogP contribution in [-0.4, -0.2) is 57.3 Å². The molecule has 2 amide bonds. The summed E-state index contributed by atoms with van der Waals surface area (Å²) in [6, 6.07) is 0.449. The van der Waals surface area contributed by atoms with Crippen molar-refractivity contribution >= 4 is 17.8 Å². The molecular formula is C21H29N5O2. The summed E-state index contributed by atoms with van der Waals surface area (Å²) in [5.41, 5.74) is 8.45. The number of aryl methyl sites for hydroxylation is 1. The van der Waals surface area contributed by atoms with Gasteiger partial charge in [-0.05, 0) is 57.8 Å². The predicted octanol–water partition coefficient (Wildman–Crippen LogP) is 1.94. The van der Waals surface area contributed by atoms with Gasteiger partial charge in [-0.2, -0.15) is 0 Å². The first-order chi connectivity index (χ1) is 13.5. The third-order valence-electron chi connectivity index (χ3n) is 7.03. The molecule has 2 aliphatic carbocycles. The average Bonchev–Trinajstić information content (AvgIpc) is 3.54. The van der Waals surface area contributed by atoms with E-state index in [9.17, 15) is 9.59 Å². The molecule has 1 spiro atoms. The molecule has 28 heavy (non-hydrogen) atoms. The Morgan fingerprint density at radius 2 is 1.86 bits per heavy atom. The van der Waals surface area contributed by atoms with Crippen LogP contribution in [0.4, 0.5) is 5.95 Å². The number of nitrogen functional groups attached to an aromatic ring is 1. The van der Waals surface area contributed by atoms with E-state index < -0.39 is 0 Å². The summed E-state index contributed by atoms with van der Waals surface area (Å²) in [4.78, 5) is 38.6. The van der Waals surface area contributed by atoms with E-state index >= 15 is 0 Å². The molecular weight excluding hydrogens is 354 g/mol. The number of piperidine rings is 2. The third kappa shape index (κ3) is 3.14. The summed E-state index contributed by atoms with van der Waals surface area (Å²) in [7, 11) is 0. The molecule has 4 aliphatic rings. The maximum absolute atomic E-state index is 13.4. The number of amides is 2. The van der Waals surface area contributed by atoms with E-state index in [1.165, 1.54) is 0 Å². The van der Waals surface area contributed by atoms with Gasteiger partial charge in [-0.15, -0.1) is 0 Å². The molecule has 3 fully saturated rings. The van der Waals surface area contributed by atoms with Crippen LogP contribution in [-0.2, 0) is 17.6 Å². The molecule has 7 nitrogen and oxygen atoms in total. The third-order valence-corrected chi connectivity index (χ3v) is 7.03. The minimum atomic E-state index is 0.00111. The highest BCUT2D eigenvalue weighted by Gasteiger charge is 2.46. The largest absolute Gasteiger partial charge is 0.368 e. The molecule has 7 heteroatoms. The highest BCUT2D eigenvalue weighted by atomic mass is 16.2. The second-order valence-electron chi connectivity index (χ2n) is 9.15. The monoisotopic (exact) mass is 383 g/mol. The van der Waals surface area contributed by atoms with Crippen LogP contribution < -0.4 is 5.73 Å². The highest BCUT2D eigenvalue weighted by molar-refractivity contribution is 5.94. The van der Waals surface area contributed by atoms with Crippen molar-refractivity contribution in [2.24, 2.45) is 5.41 Å². The van der Waals surface area contributed by atoms with Crippen molar-refractivity contribution in [1.82, 2.24) is 19.8 Å². The van der Waals surface area contributed by atoms with Crippen LogP contribution >= 0.6 is 0 Å². The van der Waals surface area contributed by atoms with Crippen molar-refractivity contribution in [2.75, 3.05) is 25.4 Å². The summed E-state index contributed by atoms with van der Waals surface area (Å²) >= 11 is 0. The number of likely N-dealkylation sites (tertiary alicyclic amines) is 2.